The van der Waals surface area contributed by atoms with Gasteiger partial charge in [0.25, 0.3) is 0 Å². The number of esters is 1. The van der Waals surface area contributed by atoms with Crippen LogP contribution in [0.2, 0.25) is 0 Å². The largest absolute Gasteiger partial charge is 0.459 e. The molecule has 0 saturated heterocycles. The van der Waals surface area contributed by atoms with E-state index in [0.717, 1.165) is 30.2 Å². The van der Waals surface area contributed by atoms with E-state index in [0.29, 0.717) is 5.92 Å². The Bertz CT molecular complexity index is 589. The molecule has 29 heavy (non-hydrogen) atoms. The Morgan fingerprint density at radius 1 is 0.862 bits per heavy atom. The monoisotopic (exact) mass is 398 g/mol. The predicted molar refractivity (Wildman–Crippen MR) is 121 cm³/mol. The van der Waals surface area contributed by atoms with E-state index in [2.05, 4.69) is 26.0 Å². The van der Waals surface area contributed by atoms with E-state index in [4.69, 9.17) is 4.74 Å². The Morgan fingerprint density at radius 2 is 1.52 bits per heavy atom. The van der Waals surface area contributed by atoms with Crippen LogP contribution in [-0.2, 0) is 4.74 Å². The maximum Gasteiger partial charge on any atom is 0.338 e. The minimum absolute atomic E-state index is 0.123. The number of carbonyl (C=O) groups excluding carboxylic acids is 1. The maximum absolute atomic E-state index is 12.6. The predicted octanol–water partition coefficient (Wildman–Crippen LogP) is 8.06. The molecule has 1 aromatic rings. The lowest BCUT2D eigenvalue weighted by molar-refractivity contribution is 0.0161. The summed E-state index contributed by atoms with van der Waals surface area (Å²) < 4.78 is 5.84. The number of ether oxygens (including phenoxy) is 1. The number of unbranched alkanes of at least 4 members (excludes halogenated alkanes) is 4. The quantitative estimate of drug-likeness (QED) is 0.310. The molecule has 0 unspecified atom stereocenters. The first-order valence-electron chi connectivity index (χ1n) is 12.5. The lowest BCUT2D eigenvalue weighted by atomic mass is 9.79. The molecule has 0 radical (unpaired) electrons. The zero-order valence-corrected chi connectivity index (χ0v) is 18.8. The van der Waals surface area contributed by atoms with E-state index in [1.807, 2.05) is 12.1 Å². The Morgan fingerprint density at radius 3 is 2.17 bits per heavy atom. The normalized spacial score (nSPS) is 27.5. The van der Waals surface area contributed by atoms with Crippen molar-refractivity contribution < 1.29 is 9.53 Å². The van der Waals surface area contributed by atoms with Gasteiger partial charge >= 0.3 is 5.97 Å². The van der Waals surface area contributed by atoms with Gasteiger partial charge in [-0.3, -0.25) is 0 Å². The molecule has 0 atom stereocenters. The molecular formula is C27H42O2. The molecule has 1 aromatic carbocycles. The van der Waals surface area contributed by atoms with Crippen molar-refractivity contribution in [3.63, 3.8) is 0 Å². The topological polar surface area (TPSA) is 26.3 Å². The van der Waals surface area contributed by atoms with Gasteiger partial charge in [0.2, 0.25) is 0 Å². The summed E-state index contributed by atoms with van der Waals surface area (Å²) >= 11 is 0. The van der Waals surface area contributed by atoms with E-state index >= 15 is 0 Å². The summed E-state index contributed by atoms with van der Waals surface area (Å²) in [6.07, 6.45) is 18.1. The van der Waals surface area contributed by atoms with Gasteiger partial charge in [-0.15, -0.1) is 0 Å². The molecule has 0 spiro atoms. The van der Waals surface area contributed by atoms with E-state index in [1.165, 1.54) is 82.6 Å². The highest BCUT2D eigenvalue weighted by atomic mass is 16.5. The van der Waals surface area contributed by atoms with Crippen LogP contribution in [-0.4, -0.2) is 12.1 Å². The van der Waals surface area contributed by atoms with E-state index < -0.39 is 0 Å². The van der Waals surface area contributed by atoms with Gasteiger partial charge in [-0.05, 0) is 74.0 Å². The molecular weight excluding hydrogens is 356 g/mol. The highest BCUT2D eigenvalue weighted by Gasteiger charge is 2.24. The fourth-order valence-electron chi connectivity index (χ4n) is 5.28. The van der Waals surface area contributed by atoms with Crippen LogP contribution in [0.4, 0.5) is 0 Å². The van der Waals surface area contributed by atoms with E-state index in [9.17, 15) is 4.79 Å². The van der Waals surface area contributed by atoms with E-state index in [1.54, 1.807) is 0 Å². The Kier molecular flexibility index (Phi) is 9.08. The van der Waals surface area contributed by atoms with Crippen LogP contribution in [0.25, 0.3) is 0 Å². The Labute approximate surface area is 178 Å². The van der Waals surface area contributed by atoms with Crippen LogP contribution >= 0.6 is 0 Å². The minimum atomic E-state index is -0.128. The lowest BCUT2D eigenvalue weighted by Gasteiger charge is -2.28. The molecule has 2 aliphatic rings. The summed E-state index contributed by atoms with van der Waals surface area (Å²) in [6.45, 7) is 4.63. The fraction of sp³-hybridized carbons (Fsp3) is 0.741. The molecule has 2 aliphatic carbocycles. The van der Waals surface area contributed by atoms with Crippen molar-refractivity contribution in [2.75, 3.05) is 0 Å². The second kappa shape index (κ2) is 11.8. The standard InChI is InChI=1S/C27H42O2/c1-3-4-5-6-7-8-22-11-19-26(20-12-22)29-27(28)25-17-15-24(16-18-25)23-13-9-21(2)10-14-23/h15-18,21-23,26H,3-14,19-20H2,1-2H3. The summed E-state index contributed by atoms with van der Waals surface area (Å²) in [4.78, 5) is 12.6. The van der Waals surface area contributed by atoms with Crippen molar-refractivity contribution in [3.05, 3.63) is 35.4 Å². The second-order valence-corrected chi connectivity index (χ2v) is 9.83. The fourth-order valence-corrected chi connectivity index (χ4v) is 5.28. The van der Waals surface area contributed by atoms with Crippen molar-refractivity contribution in [2.45, 2.75) is 116 Å². The summed E-state index contributed by atoms with van der Waals surface area (Å²) in [5.41, 5.74) is 2.11. The average molecular weight is 399 g/mol. The number of hydrogen-bond acceptors (Lipinski definition) is 2. The molecule has 0 amide bonds. The molecule has 3 rings (SSSR count). The van der Waals surface area contributed by atoms with Gasteiger partial charge in [-0.25, -0.2) is 4.79 Å². The average Bonchev–Trinajstić information content (AvgIpc) is 2.75. The van der Waals surface area contributed by atoms with Crippen LogP contribution in [0, 0.1) is 11.8 Å². The lowest BCUT2D eigenvalue weighted by Crippen LogP contribution is -2.24. The SMILES string of the molecule is CCCCCCCC1CCC(OC(=O)c2ccc(C3CCC(C)CC3)cc2)CC1. The molecule has 0 heterocycles. The molecule has 162 valence electrons. The molecule has 2 saturated carbocycles. The summed E-state index contributed by atoms with van der Waals surface area (Å²) in [7, 11) is 0. The second-order valence-electron chi connectivity index (χ2n) is 9.83. The van der Waals surface area contributed by atoms with Crippen molar-refractivity contribution in [2.24, 2.45) is 11.8 Å². The van der Waals surface area contributed by atoms with Gasteiger partial charge in [0.1, 0.15) is 6.10 Å². The molecule has 2 nitrogen and oxygen atoms in total. The van der Waals surface area contributed by atoms with Crippen molar-refractivity contribution in [1.29, 1.82) is 0 Å². The van der Waals surface area contributed by atoms with Gasteiger partial charge in [-0.1, -0.05) is 77.3 Å². The third-order valence-electron chi connectivity index (χ3n) is 7.42. The maximum atomic E-state index is 12.6. The van der Waals surface area contributed by atoms with Crippen LogP contribution in [0.1, 0.15) is 126 Å². The zero-order chi connectivity index (χ0) is 20.5. The molecule has 0 bridgehead atoms. The number of benzene rings is 1. The number of hydrogen-bond donors (Lipinski definition) is 0. The minimum Gasteiger partial charge on any atom is -0.459 e. The Hall–Kier alpha value is -1.31. The van der Waals surface area contributed by atoms with E-state index in [-0.39, 0.29) is 12.1 Å². The smallest absolute Gasteiger partial charge is 0.338 e. The molecule has 0 aromatic heterocycles. The van der Waals surface area contributed by atoms with Gasteiger partial charge in [-0.2, -0.15) is 0 Å². The highest BCUT2D eigenvalue weighted by molar-refractivity contribution is 5.89. The van der Waals surface area contributed by atoms with Gasteiger partial charge in [0.05, 0.1) is 5.56 Å². The highest BCUT2D eigenvalue weighted by Crippen LogP contribution is 2.35. The summed E-state index contributed by atoms with van der Waals surface area (Å²) in [5, 5.41) is 0. The first-order valence-corrected chi connectivity index (χ1v) is 12.5. The van der Waals surface area contributed by atoms with Crippen LogP contribution in [0.5, 0.6) is 0 Å². The third kappa shape index (κ3) is 7.15. The van der Waals surface area contributed by atoms with Crippen molar-refractivity contribution >= 4 is 5.97 Å². The number of carbonyl (C=O) groups is 1. The van der Waals surface area contributed by atoms with Gasteiger partial charge < -0.3 is 4.74 Å². The molecule has 2 heteroatoms. The molecule has 2 fully saturated rings. The van der Waals surface area contributed by atoms with Gasteiger partial charge in [0.15, 0.2) is 0 Å². The van der Waals surface area contributed by atoms with Crippen LogP contribution in [0.3, 0.4) is 0 Å². The van der Waals surface area contributed by atoms with Crippen LogP contribution in [0.15, 0.2) is 24.3 Å². The zero-order valence-electron chi connectivity index (χ0n) is 18.8. The summed E-state index contributed by atoms with van der Waals surface area (Å²) in [6, 6.07) is 8.29. The van der Waals surface area contributed by atoms with Gasteiger partial charge in [0, 0.05) is 0 Å². The van der Waals surface area contributed by atoms with Crippen molar-refractivity contribution in [1.82, 2.24) is 0 Å². The first-order chi connectivity index (χ1) is 14.2. The number of rotatable bonds is 9. The van der Waals surface area contributed by atoms with Crippen molar-refractivity contribution in [3.8, 4) is 0 Å². The first kappa shape index (κ1) is 22.4. The third-order valence-corrected chi connectivity index (χ3v) is 7.42. The molecule has 0 aliphatic heterocycles. The summed E-state index contributed by atoms with van der Waals surface area (Å²) in [5.74, 6) is 2.27. The van der Waals surface area contributed by atoms with Crippen LogP contribution < -0.4 is 0 Å². The molecule has 0 N–H and O–H groups in total. The Balaban J connectivity index is 1.37.